The Balaban J connectivity index is 1.55. The third kappa shape index (κ3) is 6.59. The molecule has 1 fully saturated rings. The summed E-state index contributed by atoms with van der Waals surface area (Å²) in [4.78, 5) is 40.1. The first kappa shape index (κ1) is 25.3. The number of urea groups is 1. The van der Waals surface area contributed by atoms with E-state index in [-0.39, 0.29) is 35.3 Å². The minimum Gasteiger partial charge on any atom is -0.381 e. The summed E-state index contributed by atoms with van der Waals surface area (Å²) in [6.07, 6.45) is 4.69. The average molecular weight is 461 g/mol. The van der Waals surface area contributed by atoms with Crippen molar-refractivity contribution < 1.29 is 14.3 Å². The van der Waals surface area contributed by atoms with Crippen molar-refractivity contribution in [2.24, 2.45) is 11.8 Å². The molecule has 184 valence electrons. The second-order valence-corrected chi connectivity index (χ2v) is 9.53. The van der Waals surface area contributed by atoms with Gasteiger partial charge in [-0.15, -0.1) is 0 Å². The fourth-order valence-electron chi connectivity index (χ4n) is 4.83. The zero-order valence-electron chi connectivity index (χ0n) is 20.3. The summed E-state index contributed by atoms with van der Waals surface area (Å²) >= 11 is 0. The highest BCUT2D eigenvalue weighted by Gasteiger charge is 2.37. The van der Waals surface area contributed by atoms with Crippen molar-refractivity contribution in [3.8, 4) is 0 Å². The van der Waals surface area contributed by atoms with Gasteiger partial charge in [0, 0.05) is 57.1 Å². The lowest BCUT2D eigenvalue weighted by Crippen LogP contribution is -2.57. The van der Waals surface area contributed by atoms with Gasteiger partial charge in [0.1, 0.15) is 6.04 Å². The molecule has 8 nitrogen and oxygen atoms in total. The zero-order chi connectivity index (χ0) is 23.8. The van der Waals surface area contributed by atoms with Crippen molar-refractivity contribution in [2.45, 2.75) is 71.4 Å². The van der Waals surface area contributed by atoms with E-state index < -0.39 is 6.04 Å². The maximum atomic E-state index is 13.2. The van der Waals surface area contributed by atoms with Crippen molar-refractivity contribution in [3.05, 3.63) is 34.2 Å². The molecule has 2 bridgehead atoms. The van der Waals surface area contributed by atoms with E-state index in [9.17, 15) is 14.4 Å². The summed E-state index contributed by atoms with van der Waals surface area (Å²) in [5.41, 5.74) is 1.04. The number of carbonyl (C=O) groups excluding carboxylic acids is 2. The number of pyridine rings is 1. The van der Waals surface area contributed by atoms with Crippen LogP contribution in [0.4, 0.5) is 4.79 Å². The smallest absolute Gasteiger partial charge is 0.318 e. The molecule has 0 saturated carbocycles. The van der Waals surface area contributed by atoms with Crippen LogP contribution in [0, 0.1) is 11.8 Å². The van der Waals surface area contributed by atoms with Crippen molar-refractivity contribution in [2.75, 3.05) is 32.8 Å². The minimum atomic E-state index is -0.569. The van der Waals surface area contributed by atoms with E-state index in [1.807, 2.05) is 29.4 Å². The predicted molar refractivity (Wildman–Crippen MR) is 128 cm³/mol. The van der Waals surface area contributed by atoms with Crippen LogP contribution in [0.25, 0.3) is 0 Å². The van der Waals surface area contributed by atoms with E-state index in [2.05, 4.69) is 17.6 Å². The number of ether oxygens (including phenoxy) is 1. The molecular weight excluding hydrogens is 420 g/mol. The Morgan fingerprint density at radius 3 is 2.70 bits per heavy atom. The lowest BCUT2D eigenvalue weighted by molar-refractivity contribution is -0.124. The minimum absolute atomic E-state index is 0.0262. The van der Waals surface area contributed by atoms with Gasteiger partial charge in [-0.2, -0.15) is 0 Å². The van der Waals surface area contributed by atoms with Gasteiger partial charge in [0.2, 0.25) is 5.91 Å². The maximum absolute atomic E-state index is 13.2. The molecule has 33 heavy (non-hydrogen) atoms. The van der Waals surface area contributed by atoms with Gasteiger partial charge in [-0.25, -0.2) is 4.79 Å². The van der Waals surface area contributed by atoms with E-state index in [1.54, 1.807) is 12.1 Å². The molecule has 8 heteroatoms. The molecule has 3 amide bonds. The molecule has 0 radical (unpaired) electrons. The summed E-state index contributed by atoms with van der Waals surface area (Å²) in [6.45, 7) is 9.88. The van der Waals surface area contributed by atoms with Gasteiger partial charge in [0.25, 0.3) is 5.56 Å². The molecule has 2 aliphatic heterocycles. The third-order valence-corrected chi connectivity index (χ3v) is 6.95. The van der Waals surface area contributed by atoms with E-state index in [4.69, 9.17) is 4.74 Å². The molecule has 2 N–H and O–H groups in total. The van der Waals surface area contributed by atoms with Crippen LogP contribution >= 0.6 is 0 Å². The quantitative estimate of drug-likeness (QED) is 0.497. The van der Waals surface area contributed by atoms with E-state index in [1.165, 1.54) is 0 Å². The zero-order valence-corrected chi connectivity index (χ0v) is 20.3. The largest absolute Gasteiger partial charge is 0.381 e. The summed E-state index contributed by atoms with van der Waals surface area (Å²) < 4.78 is 7.41. The SMILES string of the molecule is CCCCOCCCNC(=O)[C@@H](NC(=O)N1C[C@H]2C[C@@H](C1)c1cccc(=O)n1C2)[C@@H](C)CC. The second-order valence-electron chi connectivity index (χ2n) is 9.53. The van der Waals surface area contributed by atoms with Crippen LogP contribution < -0.4 is 16.2 Å². The highest BCUT2D eigenvalue weighted by atomic mass is 16.5. The number of aromatic nitrogens is 1. The molecule has 0 spiro atoms. The van der Waals surface area contributed by atoms with Crippen LogP contribution in [-0.2, 0) is 16.1 Å². The molecular formula is C25H40N4O4. The van der Waals surface area contributed by atoms with Crippen LogP contribution in [0.15, 0.2) is 23.0 Å². The molecule has 1 saturated heterocycles. The lowest BCUT2D eigenvalue weighted by Gasteiger charge is -2.43. The number of hydrogen-bond donors (Lipinski definition) is 2. The highest BCUT2D eigenvalue weighted by Crippen LogP contribution is 2.34. The standard InChI is InChI=1S/C25H40N4O4/c1-4-6-12-33-13-8-11-26-24(31)23(18(3)5-2)27-25(32)28-15-19-14-20(17-28)21-9-7-10-22(30)29(21)16-19/h7,9-10,18-20,23H,4-6,8,11-17H2,1-3H3,(H,26,31)(H,27,32)/t18-,19+,20-,23-/m0/s1. The number of unbranched alkanes of at least 4 members (excludes halogenated alkanes) is 1. The van der Waals surface area contributed by atoms with Crippen LogP contribution in [0.5, 0.6) is 0 Å². The van der Waals surface area contributed by atoms with Gasteiger partial charge in [-0.3, -0.25) is 9.59 Å². The van der Waals surface area contributed by atoms with Crippen LogP contribution in [-0.4, -0.2) is 60.3 Å². The monoisotopic (exact) mass is 460 g/mol. The number of nitrogens with one attached hydrogen (secondary N) is 2. The van der Waals surface area contributed by atoms with Gasteiger partial charge >= 0.3 is 6.03 Å². The molecule has 0 unspecified atom stereocenters. The Morgan fingerprint density at radius 2 is 1.94 bits per heavy atom. The normalized spacial score (nSPS) is 21.1. The summed E-state index contributed by atoms with van der Waals surface area (Å²) in [5, 5.41) is 5.97. The fraction of sp³-hybridized carbons (Fsp3) is 0.720. The molecule has 0 aromatic carbocycles. The lowest BCUT2D eigenvalue weighted by atomic mass is 9.83. The van der Waals surface area contributed by atoms with Crippen molar-refractivity contribution in [1.29, 1.82) is 0 Å². The maximum Gasteiger partial charge on any atom is 0.318 e. The molecule has 4 atom stereocenters. The van der Waals surface area contributed by atoms with Gasteiger partial charge in [-0.1, -0.05) is 39.7 Å². The van der Waals surface area contributed by atoms with E-state index in [0.717, 1.165) is 44.4 Å². The van der Waals surface area contributed by atoms with Gasteiger partial charge in [0.15, 0.2) is 0 Å². The number of nitrogens with zero attached hydrogens (tertiary/aromatic N) is 2. The molecule has 1 aromatic rings. The second kappa shape index (κ2) is 12.2. The van der Waals surface area contributed by atoms with Gasteiger partial charge < -0.3 is 24.8 Å². The highest BCUT2D eigenvalue weighted by molar-refractivity contribution is 5.87. The van der Waals surface area contributed by atoms with Crippen molar-refractivity contribution in [1.82, 2.24) is 20.1 Å². The van der Waals surface area contributed by atoms with Crippen LogP contribution in [0.2, 0.25) is 0 Å². The predicted octanol–water partition coefficient (Wildman–Crippen LogP) is 2.71. The van der Waals surface area contributed by atoms with Gasteiger partial charge in [0.05, 0.1) is 0 Å². The van der Waals surface area contributed by atoms with Gasteiger partial charge in [-0.05, 0) is 37.2 Å². The Labute approximate surface area is 197 Å². The van der Waals surface area contributed by atoms with Crippen LogP contribution in [0.1, 0.15) is 64.5 Å². The Morgan fingerprint density at radius 1 is 1.15 bits per heavy atom. The van der Waals surface area contributed by atoms with Crippen molar-refractivity contribution in [3.63, 3.8) is 0 Å². The first-order valence-corrected chi connectivity index (χ1v) is 12.5. The Bertz CT molecular complexity index is 855. The van der Waals surface area contributed by atoms with E-state index >= 15 is 0 Å². The van der Waals surface area contributed by atoms with Crippen LogP contribution in [0.3, 0.4) is 0 Å². The number of fused-ring (bicyclic) bond motifs is 4. The third-order valence-electron chi connectivity index (χ3n) is 6.95. The molecule has 2 aliphatic rings. The molecule has 3 rings (SSSR count). The number of likely N-dealkylation sites (tertiary alicyclic amines) is 1. The summed E-state index contributed by atoms with van der Waals surface area (Å²) in [6, 6.07) is 4.62. The number of piperidine rings is 1. The Kier molecular flexibility index (Phi) is 9.35. The number of carbonyl (C=O) groups is 2. The topological polar surface area (TPSA) is 92.7 Å². The summed E-state index contributed by atoms with van der Waals surface area (Å²) in [5.74, 6) is 0.296. The van der Waals surface area contributed by atoms with Crippen molar-refractivity contribution >= 4 is 11.9 Å². The number of hydrogen-bond acceptors (Lipinski definition) is 4. The summed E-state index contributed by atoms with van der Waals surface area (Å²) in [7, 11) is 0. The molecule has 3 heterocycles. The first-order chi connectivity index (χ1) is 15.9. The van der Waals surface area contributed by atoms with E-state index in [0.29, 0.717) is 32.8 Å². The Hall–Kier alpha value is -2.35. The molecule has 0 aliphatic carbocycles. The molecule has 1 aromatic heterocycles. The average Bonchev–Trinajstić information content (AvgIpc) is 2.81. The number of rotatable bonds is 11. The fourth-order valence-corrected chi connectivity index (χ4v) is 4.83. The number of amides is 3. The first-order valence-electron chi connectivity index (χ1n) is 12.5.